The number of carbonyl (C=O) groups is 1. The molecule has 2 aromatic heterocycles. The molecule has 0 radical (unpaired) electrons. The standard InChI is InChI=1S/C19H23N3O2S/c1-12-13(2)22(9-10-24-4)19(21-12)25-14(3)18(23)16-11-20-17-8-6-5-7-15(16)17/h5-8,11,14,20H,9-10H2,1-4H3. The first-order valence-corrected chi connectivity index (χ1v) is 9.20. The number of hydrogen-bond acceptors (Lipinski definition) is 4. The number of Topliss-reactive ketones (excluding diaryl/α,β-unsaturated/α-hetero) is 1. The lowest BCUT2D eigenvalue weighted by molar-refractivity contribution is 0.0995. The van der Waals surface area contributed by atoms with Crippen molar-refractivity contribution in [2.24, 2.45) is 0 Å². The predicted octanol–water partition coefficient (Wildman–Crippen LogP) is 3.99. The van der Waals surface area contributed by atoms with E-state index in [9.17, 15) is 4.79 Å². The number of ether oxygens (including phenoxy) is 1. The van der Waals surface area contributed by atoms with Gasteiger partial charge in [-0.15, -0.1) is 0 Å². The Morgan fingerprint density at radius 2 is 2.12 bits per heavy atom. The summed E-state index contributed by atoms with van der Waals surface area (Å²) in [5.74, 6) is 0.110. The molecule has 0 aliphatic heterocycles. The minimum atomic E-state index is -0.221. The van der Waals surface area contributed by atoms with E-state index in [1.165, 1.54) is 11.8 Å². The number of benzene rings is 1. The van der Waals surface area contributed by atoms with Crippen molar-refractivity contribution in [1.82, 2.24) is 14.5 Å². The smallest absolute Gasteiger partial charge is 0.178 e. The van der Waals surface area contributed by atoms with Crippen molar-refractivity contribution in [3.8, 4) is 0 Å². The van der Waals surface area contributed by atoms with Crippen LogP contribution in [0.4, 0.5) is 0 Å². The van der Waals surface area contributed by atoms with Crippen LogP contribution >= 0.6 is 11.8 Å². The quantitative estimate of drug-likeness (QED) is 0.513. The maximum atomic E-state index is 12.9. The van der Waals surface area contributed by atoms with Gasteiger partial charge >= 0.3 is 0 Å². The van der Waals surface area contributed by atoms with Crippen molar-refractivity contribution in [2.45, 2.75) is 37.7 Å². The Morgan fingerprint density at radius 1 is 1.36 bits per heavy atom. The number of H-pyrrole nitrogens is 1. The van der Waals surface area contributed by atoms with Gasteiger partial charge < -0.3 is 14.3 Å². The highest BCUT2D eigenvalue weighted by molar-refractivity contribution is 8.00. The van der Waals surface area contributed by atoms with E-state index in [0.717, 1.165) is 39.6 Å². The van der Waals surface area contributed by atoms with E-state index in [2.05, 4.69) is 14.5 Å². The summed E-state index contributed by atoms with van der Waals surface area (Å²) >= 11 is 1.50. The number of aromatic amines is 1. The number of carbonyl (C=O) groups excluding carboxylic acids is 1. The maximum absolute atomic E-state index is 12.9. The number of nitrogens with zero attached hydrogens (tertiary/aromatic N) is 2. The van der Waals surface area contributed by atoms with E-state index >= 15 is 0 Å². The second kappa shape index (κ2) is 7.45. The molecule has 1 aromatic carbocycles. The number of rotatable bonds is 7. The molecule has 1 unspecified atom stereocenters. The molecule has 0 fully saturated rings. The first-order valence-electron chi connectivity index (χ1n) is 8.32. The van der Waals surface area contributed by atoms with Gasteiger partial charge in [-0.1, -0.05) is 30.0 Å². The number of nitrogens with one attached hydrogen (secondary N) is 1. The van der Waals surface area contributed by atoms with E-state index in [0.29, 0.717) is 6.61 Å². The topological polar surface area (TPSA) is 59.9 Å². The number of para-hydroxylation sites is 1. The van der Waals surface area contributed by atoms with Gasteiger partial charge in [-0.25, -0.2) is 4.98 Å². The molecule has 0 aliphatic rings. The summed E-state index contributed by atoms with van der Waals surface area (Å²) in [6.07, 6.45) is 1.80. The first kappa shape index (κ1) is 17.8. The predicted molar refractivity (Wildman–Crippen MR) is 102 cm³/mol. The average molecular weight is 357 g/mol. The Morgan fingerprint density at radius 3 is 2.88 bits per heavy atom. The molecular formula is C19H23N3O2S. The molecule has 0 amide bonds. The van der Waals surface area contributed by atoms with Crippen LogP contribution in [0.15, 0.2) is 35.6 Å². The highest BCUT2D eigenvalue weighted by Crippen LogP contribution is 2.29. The van der Waals surface area contributed by atoms with Gasteiger partial charge in [0.2, 0.25) is 0 Å². The molecule has 3 rings (SSSR count). The third-order valence-corrected chi connectivity index (χ3v) is 5.54. The lowest BCUT2D eigenvalue weighted by Gasteiger charge is -2.12. The van der Waals surface area contributed by atoms with E-state index in [1.807, 2.05) is 45.0 Å². The van der Waals surface area contributed by atoms with Gasteiger partial charge in [0.25, 0.3) is 0 Å². The molecule has 0 saturated heterocycles. The Balaban J connectivity index is 1.83. The highest BCUT2D eigenvalue weighted by atomic mass is 32.2. The zero-order chi connectivity index (χ0) is 18.0. The monoisotopic (exact) mass is 357 g/mol. The SMILES string of the molecule is COCCn1c(SC(C)C(=O)c2c[nH]c3ccccc23)nc(C)c1C. The van der Waals surface area contributed by atoms with Gasteiger partial charge in [0.15, 0.2) is 10.9 Å². The van der Waals surface area contributed by atoms with Crippen LogP contribution in [-0.2, 0) is 11.3 Å². The van der Waals surface area contributed by atoms with Crippen molar-refractivity contribution in [3.05, 3.63) is 47.4 Å². The van der Waals surface area contributed by atoms with Crippen molar-refractivity contribution in [1.29, 1.82) is 0 Å². The summed E-state index contributed by atoms with van der Waals surface area (Å²) in [6, 6.07) is 7.87. The lowest BCUT2D eigenvalue weighted by atomic mass is 10.1. The van der Waals surface area contributed by atoms with Crippen LogP contribution in [0.5, 0.6) is 0 Å². The number of methoxy groups -OCH3 is 1. The summed E-state index contributed by atoms with van der Waals surface area (Å²) in [6.45, 7) is 7.34. The number of aryl methyl sites for hydroxylation is 1. The molecule has 0 bridgehead atoms. The van der Waals surface area contributed by atoms with Gasteiger partial charge in [0.05, 0.1) is 17.6 Å². The molecule has 0 saturated carbocycles. The van der Waals surface area contributed by atoms with Crippen LogP contribution in [0, 0.1) is 13.8 Å². The third kappa shape index (κ3) is 3.50. The minimum absolute atomic E-state index is 0.110. The van der Waals surface area contributed by atoms with Gasteiger partial charge in [0, 0.05) is 42.0 Å². The summed E-state index contributed by atoms with van der Waals surface area (Å²) in [5.41, 5.74) is 3.83. The molecule has 25 heavy (non-hydrogen) atoms. The molecule has 1 N–H and O–H groups in total. The van der Waals surface area contributed by atoms with Crippen LogP contribution in [-0.4, -0.2) is 39.3 Å². The Labute approximate surface area is 151 Å². The van der Waals surface area contributed by atoms with Gasteiger partial charge in [-0.05, 0) is 26.8 Å². The van der Waals surface area contributed by atoms with Crippen LogP contribution in [0.3, 0.4) is 0 Å². The molecule has 1 atom stereocenters. The van der Waals surface area contributed by atoms with Gasteiger partial charge in [-0.2, -0.15) is 0 Å². The molecule has 3 aromatic rings. The van der Waals surface area contributed by atoms with Gasteiger partial charge in [0.1, 0.15) is 0 Å². The van der Waals surface area contributed by atoms with E-state index < -0.39 is 0 Å². The van der Waals surface area contributed by atoms with Gasteiger partial charge in [-0.3, -0.25) is 4.79 Å². The number of ketones is 1. The Bertz CT molecular complexity index is 897. The molecule has 5 nitrogen and oxygen atoms in total. The molecule has 132 valence electrons. The number of aromatic nitrogens is 3. The molecule has 2 heterocycles. The third-order valence-electron chi connectivity index (χ3n) is 4.45. The van der Waals surface area contributed by atoms with Crippen LogP contribution in [0.25, 0.3) is 10.9 Å². The van der Waals surface area contributed by atoms with Crippen molar-refractivity contribution < 1.29 is 9.53 Å². The molecule has 0 aliphatic carbocycles. The Hall–Kier alpha value is -2.05. The molecule has 6 heteroatoms. The number of fused-ring (bicyclic) bond motifs is 1. The zero-order valence-electron chi connectivity index (χ0n) is 15.0. The normalized spacial score (nSPS) is 12.6. The fourth-order valence-electron chi connectivity index (χ4n) is 2.87. The number of imidazole rings is 1. The van der Waals surface area contributed by atoms with Crippen LogP contribution in [0.2, 0.25) is 0 Å². The molecule has 0 spiro atoms. The van der Waals surface area contributed by atoms with Crippen LogP contribution in [0.1, 0.15) is 28.7 Å². The van der Waals surface area contributed by atoms with Crippen molar-refractivity contribution >= 4 is 28.4 Å². The molecular weight excluding hydrogens is 334 g/mol. The van der Waals surface area contributed by atoms with E-state index in [4.69, 9.17) is 4.74 Å². The summed E-state index contributed by atoms with van der Waals surface area (Å²) < 4.78 is 7.32. The first-order chi connectivity index (χ1) is 12.0. The fourth-order valence-corrected chi connectivity index (χ4v) is 3.96. The van der Waals surface area contributed by atoms with Crippen LogP contribution < -0.4 is 0 Å². The zero-order valence-corrected chi connectivity index (χ0v) is 15.8. The Kier molecular flexibility index (Phi) is 5.30. The lowest BCUT2D eigenvalue weighted by Crippen LogP contribution is -2.15. The second-order valence-corrected chi connectivity index (χ2v) is 7.39. The number of hydrogen-bond donors (Lipinski definition) is 1. The van der Waals surface area contributed by atoms with Crippen molar-refractivity contribution in [3.63, 3.8) is 0 Å². The van der Waals surface area contributed by atoms with E-state index in [-0.39, 0.29) is 11.0 Å². The summed E-state index contributed by atoms with van der Waals surface area (Å²) in [5, 5.41) is 1.62. The van der Waals surface area contributed by atoms with Crippen molar-refractivity contribution in [2.75, 3.05) is 13.7 Å². The van der Waals surface area contributed by atoms with E-state index in [1.54, 1.807) is 13.3 Å². The number of thioether (sulfide) groups is 1. The minimum Gasteiger partial charge on any atom is -0.383 e. The highest BCUT2D eigenvalue weighted by Gasteiger charge is 2.22. The second-order valence-electron chi connectivity index (χ2n) is 6.08. The average Bonchev–Trinajstić information content (AvgIpc) is 3.15. The fraction of sp³-hybridized carbons (Fsp3) is 0.368. The summed E-state index contributed by atoms with van der Waals surface area (Å²) in [7, 11) is 1.69. The summed E-state index contributed by atoms with van der Waals surface area (Å²) in [4.78, 5) is 20.8. The largest absolute Gasteiger partial charge is 0.383 e. The maximum Gasteiger partial charge on any atom is 0.178 e.